The molecule has 0 saturated carbocycles. The summed E-state index contributed by atoms with van der Waals surface area (Å²) in [5, 5.41) is 6.88. The van der Waals surface area contributed by atoms with Gasteiger partial charge in [0, 0.05) is 13.1 Å². The lowest BCUT2D eigenvalue weighted by atomic mass is 10.3. The van der Waals surface area contributed by atoms with Gasteiger partial charge in [0.25, 0.3) is 0 Å². The summed E-state index contributed by atoms with van der Waals surface area (Å²) in [6, 6.07) is 0. The van der Waals surface area contributed by atoms with Crippen molar-refractivity contribution < 1.29 is 4.79 Å². The summed E-state index contributed by atoms with van der Waals surface area (Å²) < 4.78 is 0. The molecule has 0 fully saturated rings. The SMILES string of the molecule is CCCCNC(=O)CSC1=NCCN1. The molecule has 0 aliphatic carbocycles. The van der Waals surface area contributed by atoms with Crippen LogP contribution in [0.15, 0.2) is 4.99 Å². The minimum atomic E-state index is 0.0971. The fourth-order valence-corrected chi connectivity index (χ4v) is 1.82. The Morgan fingerprint density at radius 2 is 2.57 bits per heavy atom. The monoisotopic (exact) mass is 215 g/mol. The maximum atomic E-state index is 11.3. The molecule has 0 atom stereocenters. The molecular formula is C9H17N3OS. The number of carbonyl (C=O) groups is 1. The summed E-state index contributed by atoms with van der Waals surface area (Å²) >= 11 is 1.48. The van der Waals surface area contributed by atoms with Gasteiger partial charge < -0.3 is 10.6 Å². The van der Waals surface area contributed by atoms with Gasteiger partial charge in [-0.15, -0.1) is 0 Å². The van der Waals surface area contributed by atoms with E-state index in [4.69, 9.17) is 0 Å². The number of unbranched alkanes of at least 4 members (excludes halogenated alkanes) is 1. The van der Waals surface area contributed by atoms with Crippen molar-refractivity contribution in [1.29, 1.82) is 0 Å². The highest BCUT2D eigenvalue weighted by molar-refractivity contribution is 8.14. The van der Waals surface area contributed by atoms with Crippen LogP contribution >= 0.6 is 11.8 Å². The van der Waals surface area contributed by atoms with Crippen LogP contribution in [-0.2, 0) is 4.79 Å². The summed E-state index contributed by atoms with van der Waals surface area (Å²) in [6.45, 7) is 4.63. The first-order valence-corrected chi connectivity index (χ1v) is 5.99. The molecule has 0 spiro atoms. The Hall–Kier alpha value is -0.710. The number of rotatable bonds is 5. The van der Waals surface area contributed by atoms with Crippen LogP contribution in [0.3, 0.4) is 0 Å². The quantitative estimate of drug-likeness (QED) is 0.660. The fourth-order valence-electron chi connectivity index (χ4n) is 1.06. The Bertz CT molecular complexity index is 218. The molecule has 0 aromatic heterocycles. The predicted molar refractivity (Wildman–Crippen MR) is 60.7 cm³/mol. The van der Waals surface area contributed by atoms with Gasteiger partial charge in [0.05, 0.1) is 12.3 Å². The van der Waals surface area contributed by atoms with Crippen LogP contribution in [0.1, 0.15) is 19.8 Å². The minimum absolute atomic E-state index is 0.0971. The van der Waals surface area contributed by atoms with Gasteiger partial charge in [-0.1, -0.05) is 25.1 Å². The summed E-state index contributed by atoms with van der Waals surface area (Å²) in [5.41, 5.74) is 0. The van der Waals surface area contributed by atoms with Crippen molar-refractivity contribution in [2.45, 2.75) is 19.8 Å². The topological polar surface area (TPSA) is 53.5 Å². The molecule has 1 aliphatic heterocycles. The van der Waals surface area contributed by atoms with Crippen LogP contribution in [0.5, 0.6) is 0 Å². The van der Waals surface area contributed by atoms with Crippen LogP contribution in [-0.4, -0.2) is 36.5 Å². The second-order valence-electron chi connectivity index (χ2n) is 3.11. The molecule has 1 amide bonds. The lowest BCUT2D eigenvalue weighted by molar-refractivity contribution is -0.118. The van der Waals surface area contributed by atoms with Gasteiger partial charge in [-0.05, 0) is 6.42 Å². The van der Waals surface area contributed by atoms with E-state index in [0.717, 1.165) is 37.6 Å². The van der Waals surface area contributed by atoms with Gasteiger partial charge in [-0.3, -0.25) is 9.79 Å². The van der Waals surface area contributed by atoms with Crippen molar-refractivity contribution in [1.82, 2.24) is 10.6 Å². The maximum Gasteiger partial charge on any atom is 0.230 e. The number of thioether (sulfide) groups is 1. The van der Waals surface area contributed by atoms with E-state index in [9.17, 15) is 4.79 Å². The Morgan fingerprint density at radius 1 is 1.71 bits per heavy atom. The van der Waals surface area contributed by atoms with Gasteiger partial charge in [0.15, 0.2) is 5.17 Å². The minimum Gasteiger partial charge on any atom is -0.363 e. The van der Waals surface area contributed by atoms with E-state index in [-0.39, 0.29) is 5.91 Å². The Labute approximate surface area is 88.9 Å². The average molecular weight is 215 g/mol. The van der Waals surface area contributed by atoms with E-state index in [2.05, 4.69) is 22.5 Å². The van der Waals surface area contributed by atoms with E-state index in [1.54, 1.807) is 0 Å². The molecule has 1 aliphatic rings. The molecule has 4 nitrogen and oxygen atoms in total. The first kappa shape index (κ1) is 11.4. The first-order chi connectivity index (χ1) is 6.83. The molecule has 0 radical (unpaired) electrons. The van der Waals surface area contributed by atoms with Crippen molar-refractivity contribution in [2.75, 3.05) is 25.4 Å². The first-order valence-electron chi connectivity index (χ1n) is 5.00. The van der Waals surface area contributed by atoms with Gasteiger partial charge in [-0.2, -0.15) is 0 Å². The van der Waals surface area contributed by atoms with E-state index in [0.29, 0.717) is 5.75 Å². The Morgan fingerprint density at radius 3 is 3.21 bits per heavy atom. The van der Waals surface area contributed by atoms with Crippen molar-refractivity contribution in [3.8, 4) is 0 Å². The lowest BCUT2D eigenvalue weighted by Gasteiger charge is -2.03. The molecule has 0 aromatic carbocycles. The predicted octanol–water partition coefficient (Wildman–Crippen LogP) is 0.595. The van der Waals surface area contributed by atoms with E-state index in [1.807, 2.05) is 0 Å². The van der Waals surface area contributed by atoms with Gasteiger partial charge in [0.2, 0.25) is 5.91 Å². The van der Waals surface area contributed by atoms with E-state index in [1.165, 1.54) is 11.8 Å². The summed E-state index contributed by atoms with van der Waals surface area (Å²) in [6.07, 6.45) is 2.16. The van der Waals surface area contributed by atoms with E-state index >= 15 is 0 Å². The van der Waals surface area contributed by atoms with Crippen LogP contribution < -0.4 is 10.6 Å². The summed E-state index contributed by atoms with van der Waals surface area (Å²) in [7, 11) is 0. The molecule has 2 N–H and O–H groups in total. The normalized spacial score (nSPS) is 14.8. The molecule has 80 valence electrons. The molecule has 14 heavy (non-hydrogen) atoms. The van der Waals surface area contributed by atoms with Crippen LogP contribution in [0, 0.1) is 0 Å². The lowest BCUT2D eigenvalue weighted by Crippen LogP contribution is -2.27. The number of hydrogen-bond donors (Lipinski definition) is 2. The molecular weight excluding hydrogens is 198 g/mol. The Balaban J connectivity index is 2.02. The van der Waals surface area contributed by atoms with E-state index < -0.39 is 0 Å². The van der Waals surface area contributed by atoms with Crippen molar-refractivity contribution >= 4 is 22.8 Å². The summed E-state index contributed by atoms with van der Waals surface area (Å²) in [4.78, 5) is 15.5. The number of nitrogens with zero attached hydrogens (tertiary/aromatic N) is 1. The fraction of sp³-hybridized carbons (Fsp3) is 0.778. The van der Waals surface area contributed by atoms with Crippen LogP contribution in [0.4, 0.5) is 0 Å². The van der Waals surface area contributed by atoms with Crippen molar-refractivity contribution in [3.63, 3.8) is 0 Å². The largest absolute Gasteiger partial charge is 0.363 e. The molecule has 5 heteroatoms. The van der Waals surface area contributed by atoms with Gasteiger partial charge in [-0.25, -0.2) is 0 Å². The number of hydrogen-bond acceptors (Lipinski definition) is 4. The third kappa shape index (κ3) is 4.50. The van der Waals surface area contributed by atoms with Crippen LogP contribution in [0.25, 0.3) is 0 Å². The highest BCUT2D eigenvalue weighted by Crippen LogP contribution is 2.04. The average Bonchev–Trinajstić information content (AvgIpc) is 2.68. The number of amides is 1. The number of carbonyl (C=O) groups excluding carboxylic acids is 1. The zero-order valence-electron chi connectivity index (χ0n) is 8.51. The second-order valence-corrected chi connectivity index (χ2v) is 4.07. The molecule has 0 unspecified atom stereocenters. The van der Waals surface area contributed by atoms with Crippen molar-refractivity contribution in [3.05, 3.63) is 0 Å². The molecule has 0 bridgehead atoms. The highest BCUT2D eigenvalue weighted by atomic mass is 32.2. The molecule has 1 heterocycles. The zero-order valence-corrected chi connectivity index (χ0v) is 9.32. The van der Waals surface area contributed by atoms with Crippen molar-refractivity contribution in [2.24, 2.45) is 4.99 Å². The third-order valence-corrected chi connectivity index (χ3v) is 2.79. The van der Waals surface area contributed by atoms with Gasteiger partial charge in [0.1, 0.15) is 0 Å². The third-order valence-electron chi connectivity index (χ3n) is 1.84. The second kappa shape index (κ2) is 6.70. The van der Waals surface area contributed by atoms with Crippen LogP contribution in [0.2, 0.25) is 0 Å². The smallest absolute Gasteiger partial charge is 0.230 e. The number of nitrogens with one attached hydrogen (secondary N) is 2. The number of aliphatic imine (C=N–C) groups is 1. The maximum absolute atomic E-state index is 11.3. The Kier molecular flexibility index (Phi) is 5.44. The summed E-state index contributed by atoms with van der Waals surface area (Å²) in [5.74, 6) is 0.565. The highest BCUT2D eigenvalue weighted by Gasteiger charge is 2.08. The molecule has 0 saturated heterocycles. The standard InChI is InChI=1S/C9H17N3OS/c1-2-3-4-10-8(13)7-14-9-11-5-6-12-9/h2-7H2,1H3,(H,10,13)(H,11,12). The zero-order chi connectivity index (χ0) is 10.2. The number of amidine groups is 1. The molecule has 0 aromatic rings. The molecule has 1 rings (SSSR count). The van der Waals surface area contributed by atoms with Gasteiger partial charge >= 0.3 is 0 Å².